The minimum Gasteiger partial charge on any atom is -0.453 e. The molecule has 0 fully saturated rings. The van der Waals surface area contributed by atoms with E-state index in [0.29, 0.717) is 5.82 Å². The predicted octanol–water partition coefficient (Wildman–Crippen LogP) is 13.9. The Hall–Kier alpha value is -6.41. The standard InChI is InChI=1S/C56H41N3O2S2/c1-32-36(24-25-38-49-39(55(2,3)50(32)38)27-29-47-52(49)63-46-21-13-12-20-45(46)62-47)54-58-31-57-53(59-54)33-22-23-37-41(30-33)56(34-14-6-4-7-15-34,35-16-8-5-9-17-35)40-26-28-44-51(48(37)40)61-43-19-11-10-18-42(43)60-44/h4-10,12-18,20-32,50H,11,19H2,1-3H3. The lowest BCUT2D eigenvalue weighted by atomic mass is 9.67. The maximum Gasteiger partial charge on any atom is 0.177 e. The summed E-state index contributed by atoms with van der Waals surface area (Å²) in [6, 6.07) is 46.2. The van der Waals surface area contributed by atoms with Crippen LogP contribution in [0.4, 0.5) is 0 Å². The average molecular weight is 852 g/mol. The highest BCUT2D eigenvalue weighted by Gasteiger charge is 2.51. The van der Waals surface area contributed by atoms with Crippen LogP contribution >= 0.6 is 23.5 Å². The summed E-state index contributed by atoms with van der Waals surface area (Å²) in [7, 11) is 0. The molecule has 0 bridgehead atoms. The van der Waals surface area contributed by atoms with Crippen LogP contribution in [-0.2, 0) is 10.8 Å². The van der Waals surface area contributed by atoms with E-state index < -0.39 is 5.41 Å². The summed E-state index contributed by atoms with van der Waals surface area (Å²) in [4.78, 5) is 20.5. The Bertz CT molecular complexity index is 3200. The van der Waals surface area contributed by atoms with E-state index in [4.69, 9.17) is 24.4 Å². The zero-order chi connectivity index (χ0) is 42.0. The molecular weight excluding hydrogens is 811 g/mol. The lowest BCUT2D eigenvalue weighted by Gasteiger charge is -2.36. The molecule has 13 rings (SSSR count). The molecular formula is C56H41N3O2S2. The normalized spacial score (nSPS) is 20.0. The third-order valence-corrected chi connectivity index (χ3v) is 16.8. The Labute approximate surface area is 375 Å². The first-order chi connectivity index (χ1) is 30.9. The molecule has 7 aromatic rings. The van der Waals surface area contributed by atoms with Gasteiger partial charge in [0.1, 0.15) is 12.1 Å². The number of rotatable bonds is 4. The zero-order valence-corrected chi connectivity index (χ0v) is 36.7. The quantitative estimate of drug-likeness (QED) is 0.175. The van der Waals surface area contributed by atoms with Crippen molar-refractivity contribution in [1.29, 1.82) is 0 Å². The highest BCUT2D eigenvalue weighted by atomic mass is 32.2. The van der Waals surface area contributed by atoms with Gasteiger partial charge < -0.3 is 9.47 Å². The van der Waals surface area contributed by atoms with Gasteiger partial charge >= 0.3 is 0 Å². The fourth-order valence-corrected chi connectivity index (χ4v) is 13.9. The van der Waals surface area contributed by atoms with Crippen LogP contribution in [0.3, 0.4) is 0 Å². The van der Waals surface area contributed by atoms with E-state index in [1.807, 2.05) is 29.6 Å². The molecule has 2 atom stereocenters. The number of allylic oxidation sites excluding steroid dienone is 7. The molecule has 2 aliphatic heterocycles. The van der Waals surface area contributed by atoms with Gasteiger partial charge in [-0.15, -0.1) is 0 Å². The summed E-state index contributed by atoms with van der Waals surface area (Å²) in [5.74, 6) is 5.00. The van der Waals surface area contributed by atoms with E-state index in [9.17, 15) is 0 Å². The smallest absolute Gasteiger partial charge is 0.177 e. The van der Waals surface area contributed by atoms with E-state index >= 15 is 0 Å². The predicted molar refractivity (Wildman–Crippen MR) is 252 cm³/mol. The first kappa shape index (κ1) is 37.2. The first-order valence-corrected chi connectivity index (χ1v) is 23.5. The minimum atomic E-state index is -0.651. The van der Waals surface area contributed by atoms with E-state index in [1.54, 1.807) is 6.33 Å². The number of benzene rings is 6. The topological polar surface area (TPSA) is 57.1 Å². The Morgan fingerprint density at radius 1 is 0.651 bits per heavy atom. The molecule has 0 radical (unpaired) electrons. The van der Waals surface area contributed by atoms with Crippen LogP contribution in [0, 0.1) is 11.8 Å². The number of nitrogens with zero attached hydrogens (tertiary/aromatic N) is 3. The largest absolute Gasteiger partial charge is 0.453 e. The molecule has 63 heavy (non-hydrogen) atoms. The minimum absolute atomic E-state index is 0.0832. The van der Waals surface area contributed by atoms with Crippen LogP contribution in [-0.4, -0.2) is 15.0 Å². The first-order valence-electron chi connectivity index (χ1n) is 21.8. The number of hydrogen-bond acceptors (Lipinski definition) is 7. The zero-order valence-electron chi connectivity index (χ0n) is 35.1. The summed E-state index contributed by atoms with van der Waals surface area (Å²) in [5.41, 5.74) is 12.4. The molecule has 1 aromatic heterocycles. The highest BCUT2D eigenvalue weighted by Crippen LogP contribution is 2.64. The van der Waals surface area contributed by atoms with Crippen LogP contribution < -0.4 is 9.47 Å². The van der Waals surface area contributed by atoms with Gasteiger partial charge in [-0.2, -0.15) is 0 Å². The van der Waals surface area contributed by atoms with E-state index in [1.165, 1.54) is 47.4 Å². The fraction of sp³-hybridized carbons (Fsp3) is 0.161. The van der Waals surface area contributed by atoms with Crippen LogP contribution in [0.5, 0.6) is 11.5 Å². The van der Waals surface area contributed by atoms with Crippen molar-refractivity contribution in [3.8, 4) is 34.0 Å². The van der Waals surface area contributed by atoms with Gasteiger partial charge in [0.25, 0.3) is 0 Å². The molecule has 0 saturated heterocycles. The Kier molecular flexibility index (Phi) is 8.14. The second-order valence-corrected chi connectivity index (χ2v) is 20.0. The summed E-state index contributed by atoms with van der Waals surface area (Å²) in [5, 5.41) is 0. The molecule has 0 amide bonds. The van der Waals surface area contributed by atoms with Crippen molar-refractivity contribution in [2.24, 2.45) is 11.8 Å². The van der Waals surface area contributed by atoms with Crippen LogP contribution in [0.2, 0.25) is 0 Å². The number of fused-ring (bicyclic) bond motifs is 11. The molecule has 4 aliphatic carbocycles. The van der Waals surface area contributed by atoms with Crippen molar-refractivity contribution in [3.63, 3.8) is 0 Å². The maximum absolute atomic E-state index is 6.87. The van der Waals surface area contributed by atoms with Crippen molar-refractivity contribution in [3.05, 3.63) is 209 Å². The summed E-state index contributed by atoms with van der Waals surface area (Å²) in [6.07, 6.45) is 12.2. The molecule has 0 N–H and O–H groups in total. The monoisotopic (exact) mass is 851 g/mol. The van der Waals surface area contributed by atoms with Gasteiger partial charge in [0, 0.05) is 48.6 Å². The summed E-state index contributed by atoms with van der Waals surface area (Å²) in [6.45, 7) is 7.20. The van der Waals surface area contributed by atoms with E-state index in [0.717, 1.165) is 75.1 Å². The second-order valence-electron chi connectivity index (χ2n) is 17.8. The van der Waals surface area contributed by atoms with Crippen molar-refractivity contribution in [2.45, 2.75) is 64.0 Å². The third-order valence-electron chi connectivity index (χ3n) is 14.2. The lowest BCUT2D eigenvalue weighted by molar-refractivity contribution is 0.291. The lowest BCUT2D eigenvalue weighted by Crippen LogP contribution is -2.31. The SMILES string of the molecule is CC1C(c2ncnc(-c3ccc4c(c3)C(c3ccccc3)(c3ccccc3)c3ccc5c(c3-4)OC3=C(C=CCC3)O5)n2)=CC=C2c3c(ccc4c3Sc3ccccc3S4)C(C)(C)C21. The molecule has 6 aromatic carbocycles. The van der Waals surface area contributed by atoms with Crippen LogP contribution in [0.25, 0.3) is 33.7 Å². The highest BCUT2D eigenvalue weighted by molar-refractivity contribution is 8.05. The number of hydrogen-bond donors (Lipinski definition) is 0. The Morgan fingerprint density at radius 2 is 1.37 bits per heavy atom. The molecule has 6 aliphatic rings. The fourth-order valence-electron chi connectivity index (χ4n) is 11.5. The molecule has 0 saturated carbocycles. The molecule has 3 heterocycles. The van der Waals surface area contributed by atoms with Gasteiger partial charge in [0.05, 0.1) is 5.41 Å². The van der Waals surface area contributed by atoms with Gasteiger partial charge in [0.15, 0.2) is 28.9 Å². The average Bonchev–Trinajstić information content (AvgIpc) is 3.76. The summed E-state index contributed by atoms with van der Waals surface area (Å²) < 4.78 is 13.4. The maximum atomic E-state index is 6.87. The Balaban J connectivity index is 0.944. The van der Waals surface area contributed by atoms with E-state index in [2.05, 4.69) is 166 Å². The molecule has 0 spiro atoms. The Morgan fingerprint density at radius 3 is 2.16 bits per heavy atom. The number of aromatic nitrogens is 3. The number of ether oxygens (including phenoxy) is 2. The van der Waals surface area contributed by atoms with Crippen LogP contribution in [0.1, 0.15) is 72.8 Å². The van der Waals surface area contributed by atoms with Gasteiger partial charge in [-0.05, 0) is 98.7 Å². The molecule has 2 unspecified atom stereocenters. The van der Waals surface area contributed by atoms with E-state index in [-0.39, 0.29) is 17.3 Å². The molecule has 7 heteroatoms. The van der Waals surface area contributed by atoms with Gasteiger partial charge in [-0.3, -0.25) is 0 Å². The third kappa shape index (κ3) is 5.30. The van der Waals surface area contributed by atoms with Crippen molar-refractivity contribution in [2.75, 3.05) is 0 Å². The van der Waals surface area contributed by atoms with Crippen molar-refractivity contribution >= 4 is 34.7 Å². The second kappa shape index (κ2) is 13.8. The van der Waals surface area contributed by atoms with Crippen LogP contribution in [0.15, 0.2) is 189 Å². The molecule has 304 valence electrons. The van der Waals surface area contributed by atoms with Gasteiger partial charge in [-0.25, -0.2) is 15.0 Å². The van der Waals surface area contributed by atoms with Crippen molar-refractivity contribution in [1.82, 2.24) is 15.0 Å². The summed E-state index contributed by atoms with van der Waals surface area (Å²) >= 11 is 3.81. The molecule has 5 nitrogen and oxygen atoms in total. The van der Waals surface area contributed by atoms with Crippen molar-refractivity contribution < 1.29 is 9.47 Å². The van der Waals surface area contributed by atoms with Gasteiger partial charge in [0.2, 0.25) is 0 Å². The van der Waals surface area contributed by atoms with Gasteiger partial charge in [-0.1, -0.05) is 160 Å².